The van der Waals surface area contributed by atoms with Crippen molar-refractivity contribution in [2.45, 2.75) is 31.5 Å². The molecule has 4 heterocycles. The number of rotatable bonds is 5. The van der Waals surface area contributed by atoms with E-state index in [0.29, 0.717) is 56.2 Å². The molecule has 0 spiro atoms. The normalized spacial score (nSPS) is 23.0. The van der Waals surface area contributed by atoms with Crippen LogP contribution in [0, 0.1) is 0 Å². The fraction of sp³-hybridized carbons (Fsp3) is 0.615. The number of fused-ring (bicyclic) bond motifs is 1. The number of H-pyrrole nitrogens is 1. The van der Waals surface area contributed by atoms with Crippen molar-refractivity contribution < 1.29 is 14.3 Å². The van der Waals surface area contributed by atoms with Crippen molar-refractivity contribution >= 4 is 34.3 Å². The monoisotopic (exact) mass is 516 g/mol. The first-order chi connectivity index (χ1) is 17.3. The highest BCUT2D eigenvalue weighted by Crippen LogP contribution is 2.24. The third-order valence-corrected chi connectivity index (χ3v) is 8.29. The summed E-state index contributed by atoms with van der Waals surface area (Å²) < 4.78 is 5.54. The average Bonchev–Trinajstić information content (AvgIpc) is 3.33. The van der Waals surface area contributed by atoms with Gasteiger partial charge in [0.1, 0.15) is 5.69 Å². The number of likely N-dealkylation sites (tertiary alicyclic amines) is 1. The summed E-state index contributed by atoms with van der Waals surface area (Å²) in [7, 11) is 2.18. The Labute approximate surface area is 217 Å². The number of morpholine rings is 1. The molecule has 196 valence electrons. The lowest BCUT2D eigenvalue weighted by molar-refractivity contribution is -0.151. The zero-order chi connectivity index (χ0) is 25.3. The van der Waals surface area contributed by atoms with E-state index in [2.05, 4.69) is 27.1 Å². The van der Waals surface area contributed by atoms with Crippen molar-refractivity contribution in [3.63, 3.8) is 0 Å². The van der Waals surface area contributed by atoms with E-state index in [1.54, 1.807) is 12.1 Å². The SMILES string of the molecule is CN1CCC(N2CCN(C(=O)[C@](C)(NC(=O)c3cc4cc(Cl)ccc4[nH]3)N3CCOCC3)CC2)CC1. The summed E-state index contributed by atoms with van der Waals surface area (Å²) in [6.07, 6.45) is 2.36. The van der Waals surface area contributed by atoms with Gasteiger partial charge in [-0.15, -0.1) is 0 Å². The minimum atomic E-state index is -1.16. The highest BCUT2D eigenvalue weighted by Gasteiger charge is 2.45. The van der Waals surface area contributed by atoms with Gasteiger partial charge in [0.2, 0.25) is 0 Å². The summed E-state index contributed by atoms with van der Waals surface area (Å²) in [6.45, 7) is 9.42. The Morgan fingerprint density at radius 1 is 1.03 bits per heavy atom. The molecule has 3 saturated heterocycles. The Kier molecular flexibility index (Phi) is 7.55. The van der Waals surface area contributed by atoms with E-state index < -0.39 is 5.66 Å². The Bertz CT molecular complexity index is 1090. The van der Waals surface area contributed by atoms with Crippen LogP contribution in [0.1, 0.15) is 30.3 Å². The highest BCUT2D eigenvalue weighted by molar-refractivity contribution is 6.31. The Morgan fingerprint density at radius 2 is 1.72 bits per heavy atom. The lowest BCUT2D eigenvalue weighted by Crippen LogP contribution is -2.70. The van der Waals surface area contributed by atoms with Crippen molar-refractivity contribution in [3.05, 3.63) is 35.0 Å². The molecule has 36 heavy (non-hydrogen) atoms. The zero-order valence-corrected chi connectivity index (χ0v) is 22.0. The van der Waals surface area contributed by atoms with Gasteiger partial charge in [-0.25, -0.2) is 0 Å². The maximum Gasteiger partial charge on any atom is 0.269 e. The summed E-state index contributed by atoms with van der Waals surface area (Å²) in [6, 6.07) is 7.83. The van der Waals surface area contributed by atoms with Crippen LogP contribution >= 0.6 is 11.6 Å². The summed E-state index contributed by atoms with van der Waals surface area (Å²) in [5.41, 5.74) is 0.0755. The molecule has 1 aromatic carbocycles. The standard InChI is InChI=1S/C26H37ClN6O3/c1-26(33-13-15-36-16-14-33,29-24(34)23-18-19-17-20(27)3-4-22(19)28-23)25(35)32-11-9-31(10-12-32)21-5-7-30(2)8-6-21/h3-4,17-18,21,28H,5-16H2,1-2H3,(H,29,34)/t26-/m1/s1. The van der Waals surface area contributed by atoms with Crippen LogP contribution in [0.2, 0.25) is 5.02 Å². The van der Waals surface area contributed by atoms with Crippen molar-refractivity contribution in [2.24, 2.45) is 0 Å². The van der Waals surface area contributed by atoms with Gasteiger partial charge < -0.3 is 24.8 Å². The fourth-order valence-corrected chi connectivity index (χ4v) is 5.93. The second-order valence-corrected chi connectivity index (χ2v) is 10.8. The lowest BCUT2D eigenvalue weighted by atomic mass is 10.0. The van der Waals surface area contributed by atoms with Gasteiger partial charge in [-0.2, -0.15) is 0 Å². The van der Waals surface area contributed by atoms with Gasteiger partial charge in [0.25, 0.3) is 11.8 Å². The molecule has 3 aliphatic heterocycles. The van der Waals surface area contributed by atoms with Gasteiger partial charge in [0.05, 0.1) is 13.2 Å². The first-order valence-corrected chi connectivity index (χ1v) is 13.4. The van der Waals surface area contributed by atoms with E-state index in [0.717, 1.165) is 37.1 Å². The van der Waals surface area contributed by atoms with Gasteiger partial charge in [0.15, 0.2) is 5.66 Å². The maximum absolute atomic E-state index is 14.0. The molecule has 5 rings (SSSR count). The third kappa shape index (κ3) is 5.26. The topological polar surface area (TPSA) is 84.2 Å². The summed E-state index contributed by atoms with van der Waals surface area (Å²) in [5.74, 6) is -0.366. The molecule has 2 aromatic rings. The van der Waals surface area contributed by atoms with Crippen LogP contribution in [0.4, 0.5) is 0 Å². The van der Waals surface area contributed by atoms with E-state index >= 15 is 0 Å². The molecule has 0 unspecified atom stereocenters. The second kappa shape index (κ2) is 10.7. The van der Waals surface area contributed by atoms with Gasteiger partial charge >= 0.3 is 0 Å². The molecular formula is C26H37ClN6O3. The number of aromatic nitrogens is 1. The quantitative estimate of drug-likeness (QED) is 0.631. The summed E-state index contributed by atoms with van der Waals surface area (Å²) in [5, 5.41) is 4.56. The largest absolute Gasteiger partial charge is 0.379 e. The average molecular weight is 517 g/mol. The van der Waals surface area contributed by atoms with Gasteiger partial charge in [-0.1, -0.05) is 11.6 Å². The van der Waals surface area contributed by atoms with E-state index in [1.165, 1.54) is 12.8 Å². The van der Waals surface area contributed by atoms with Crippen molar-refractivity contribution in [3.8, 4) is 0 Å². The fourth-order valence-electron chi connectivity index (χ4n) is 5.75. The molecule has 1 aromatic heterocycles. The van der Waals surface area contributed by atoms with E-state index in [1.807, 2.05) is 28.9 Å². The number of halogens is 1. The van der Waals surface area contributed by atoms with Crippen LogP contribution in [0.25, 0.3) is 10.9 Å². The number of carbonyl (C=O) groups excluding carboxylic acids is 2. The first kappa shape index (κ1) is 25.5. The predicted molar refractivity (Wildman–Crippen MR) is 140 cm³/mol. The number of piperazine rings is 1. The summed E-state index contributed by atoms with van der Waals surface area (Å²) in [4.78, 5) is 39.5. The van der Waals surface area contributed by atoms with Crippen LogP contribution in [0.5, 0.6) is 0 Å². The van der Waals surface area contributed by atoms with Crippen LogP contribution in [-0.4, -0.2) is 121 Å². The first-order valence-electron chi connectivity index (χ1n) is 13.0. The number of hydrogen-bond donors (Lipinski definition) is 2. The van der Waals surface area contributed by atoms with Crippen LogP contribution in [0.15, 0.2) is 24.3 Å². The number of aromatic amines is 1. The molecular weight excluding hydrogens is 480 g/mol. The Morgan fingerprint density at radius 3 is 2.42 bits per heavy atom. The van der Waals surface area contributed by atoms with E-state index in [4.69, 9.17) is 16.3 Å². The number of ether oxygens (including phenoxy) is 1. The predicted octanol–water partition coefficient (Wildman–Crippen LogP) is 1.84. The number of carbonyl (C=O) groups is 2. The molecule has 0 saturated carbocycles. The molecule has 10 heteroatoms. The number of amides is 2. The molecule has 0 aliphatic carbocycles. The molecule has 0 bridgehead atoms. The van der Waals surface area contributed by atoms with Crippen LogP contribution in [-0.2, 0) is 9.53 Å². The van der Waals surface area contributed by atoms with Crippen molar-refractivity contribution in [1.82, 2.24) is 29.9 Å². The number of piperidine rings is 1. The van der Waals surface area contributed by atoms with E-state index in [9.17, 15) is 9.59 Å². The van der Waals surface area contributed by atoms with Crippen molar-refractivity contribution in [2.75, 3.05) is 72.6 Å². The zero-order valence-electron chi connectivity index (χ0n) is 21.3. The third-order valence-electron chi connectivity index (χ3n) is 8.05. The van der Waals surface area contributed by atoms with Crippen molar-refractivity contribution in [1.29, 1.82) is 0 Å². The molecule has 9 nitrogen and oxygen atoms in total. The number of nitrogens with zero attached hydrogens (tertiary/aromatic N) is 4. The molecule has 2 amide bonds. The van der Waals surface area contributed by atoms with Crippen LogP contribution in [0.3, 0.4) is 0 Å². The molecule has 3 fully saturated rings. The minimum absolute atomic E-state index is 0.0556. The van der Waals surface area contributed by atoms with Crippen LogP contribution < -0.4 is 5.32 Å². The number of benzene rings is 1. The Hall–Kier alpha value is -2.17. The minimum Gasteiger partial charge on any atom is -0.379 e. The maximum atomic E-state index is 14.0. The van der Waals surface area contributed by atoms with Gasteiger partial charge in [0, 0.05) is 61.2 Å². The smallest absolute Gasteiger partial charge is 0.269 e. The number of hydrogen-bond acceptors (Lipinski definition) is 6. The molecule has 3 aliphatic rings. The Balaban J connectivity index is 1.30. The molecule has 0 radical (unpaired) electrons. The van der Waals surface area contributed by atoms with Gasteiger partial charge in [-0.3, -0.25) is 19.4 Å². The lowest BCUT2D eigenvalue weighted by Gasteiger charge is -2.47. The molecule has 2 N–H and O–H groups in total. The second-order valence-electron chi connectivity index (χ2n) is 10.4. The molecule has 1 atom stereocenters. The van der Waals surface area contributed by atoms with E-state index in [-0.39, 0.29) is 11.8 Å². The highest BCUT2D eigenvalue weighted by atomic mass is 35.5. The van der Waals surface area contributed by atoms with Gasteiger partial charge in [-0.05, 0) is 64.2 Å². The summed E-state index contributed by atoms with van der Waals surface area (Å²) >= 11 is 6.12. The number of nitrogens with one attached hydrogen (secondary N) is 2.